The maximum Gasteiger partial charge on any atom is 0.337 e. The number of nitrogens with zero attached hydrogens (tertiary/aromatic N) is 3. The molecule has 5 nitrogen and oxygen atoms in total. The van der Waals surface area contributed by atoms with Crippen LogP contribution in [0, 0.1) is 3.57 Å². The highest BCUT2D eigenvalue weighted by Gasteiger charge is 2.16. The number of aromatic carboxylic acids is 1. The summed E-state index contributed by atoms with van der Waals surface area (Å²) < 4.78 is 2.39. The number of fused-ring (bicyclic) bond motifs is 1. The van der Waals surface area contributed by atoms with Gasteiger partial charge in [0.1, 0.15) is 11.0 Å². The average Bonchev–Trinajstić information content (AvgIpc) is 2.82. The lowest BCUT2D eigenvalue weighted by atomic mass is 10.2. The molecule has 0 unspecified atom stereocenters. The molecule has 3 rings (SSSR count). The Morgan fingerprint density at radius 2 is 2.10 bits per heavy atom. The predicted molar refractivity (Wildman–Crippen MR) is 83.6 cm³/mol. The van der Waals surface area contributed by atoms with Crippen molar-refractivity contribution in [3.05, 3.63) is 50.6 Å². The van der Waals surface area contributed by atoms with Crippen molar-refractivity contribution in [2.45, 2.75) is 0 Å². The monoisotopic (exact) mass is 399 g/mol. The number of hydrogen-bond acceptors (Lipinski definition) is 3. The fraction of sp³-hybridized carbons (Fsp3) is 0. The minimum absolute atomic E-state index is 0.165. The fourth-order valence-electron chi connectivity index (χ4n) is 1.97. The lowest BCUT2D eigenvalue weighted by Gasteiger charge is -2.07. The molecule has 0 aliphatic carbocycles. The first kappa shape index (κ1) is 13.3. The van der Waals surface area contributed by atoms with Crippen molar-refractivity contribution in [2.75, 3.05) is 0 Å². The number of benzene rings is 2. The zero-order chi connectivity index (χ0) is 14.3. The molecule has 1 N–H and O–H groups in total. The van der Waals surface area contributed by atoms with Gasteiger partial charge in [-0.25, -0.2) is 9.48 Å². The van der Waals surface area contributed by atoms with Gasteiger partial charge in [0.05, 0.1) is 11.3 Å². The molecule has 2 aromatic carbocycles. The van der Waals surface area contributed by atoms with Gasteiger partial charge in [0.15, 0.2) is 0 Å². The van der Waals surface area contributed by atoms with Crippen LogP contribution in [0.2, 0.25) is 5.02 Å². The lowest BCUT2D eigenvalue weighted by molar-refractivity contribution is 0.0698. The molecule has 0 aliphatic rings. The summed E-state index contributed by atoms with van der Waals surface area (Å²) >= 11 is 8.06. The molecule has 100 valence electrons. The Balaban J connectivity index is 2.34. The van der Waals surface area contributed by atoms with Crippen LogP contribution in [0.4, 0.5) is 0 Å². The van der Waals surface area contributed by atoms with E-state index in [2.05, 4.69) is 32.9 Å². The predicted octanol–water partition coefficient (Wildman–Crippen LogP) is 3.38. The number of hydrogen-bond donors (Lipinski definition) is 1. The normalized spacial score (nSPS) is 10.9. The Hall–Kier alpha value is -1.67. The standard InChI is InChI=1S/C13H7ClIN3O2/c14-7-4-5-11(9(15)6-7)18-12-8(13(19)20)2-1-3-10(12)16-17-18/h1-6H,(H,19,20). The van der Waals surface area contributed by atoms with Gasteiger partial charge in [0.2, 0.25) is 0 Å². The Bertz CT molecular complexity index is 832. The van der Waals surface area contributed by atoms with Gasteiger partial charge in [0.25, 0.3) is 0 Å². The SMILES string of the molecule is O=C(O)c1cccc2nnn(-c3ccc(Cl)cc3I)c12. The van der Waals surface area contributed by atoms with Crippen molar-refractivity contribution in [1.29, 1.82) is 0 Å². The van der Waals surface area contributed by atoms with Gasteiger partial charge in [-0.1, -0.05) is 22.9 Å². The molecular formula is C13H7ClIN3O2. The molecule has 0 saturated heterocycles. The minimum atomic E-state index is -1.01. The Morgan fingerprint density at radius 1 is 1.30 bits per heavy atom. The van der Waals surface area contributed by atoms with Crippen molar-refractivity contribution in [1.82, 2.24) is 15.0 Å². The van der Waals surface area contributed by atoms with Crippen LogP contribution in [-0.4, -0.2) is 26.1 Å². The number of rotatable bonds is 2. The topological polar surface area (TPSA) is 68.0 Å². The molecule has 0 radical (unpaired) electrons. The third kappa shape index (κ3) is 2.14. The Kier molecular flexibility index (Phi) is 3.35. The molecule has 0 atom stereocenters. The van der Waals surface area contributed by atoms with E-state index in [9.17, 15) is 9.90 Å². The van der Waals surface area contributed by atoms with Crippen LogP contribution in [0.3, 0.4) is 0 Å². The molecule has 0 amide bonds. The van der Waals surface area contributed by atoms with Gasteiger partial charge in [-0.05, 0) is 52.9 Å². The fourth-order valence-corrected chi connectivity index (χ4v) is 3.07. The van der Waals surface area contributed by atoms with Crippen molar-refractivity contribution in [3.63, 3.8) is 0 Å². The summed E-state index contributed by atoms with van der Waals surface area (Å²) in [7, 11) is 0. The second kappa shape index (κ2) is 5.02. The highest BCUT2D eigenvalue weighted by Crippen LogP contribution is 2.25. The summed E-state index contributed by atoms with van der Waals surface area (Å²) in [6.07, 6.45) is 0. The number of halogens is 2. The van der Waals surface area contributed by atoms with Crippen molar-refractivity contribution < 1.29 is 9.90 Å². The highest BCUT2D eigenvalue weighted by atomic mass is 127. The largest absolute Gasteiger partial charge is 0.478 e. The van der Waals surface area contributed by atoms with E-state index in [1.165, 1.54) is 10.7 Å². The van der Waals surface area contributed by atoms with Crippen LogP contribution in [0.15, 0.2) is 36.4 Å². The molecule has 7 heteroatoms. The van der Waals surface area contributed by atoms with E-state index in [1.807, 2.05) is 0 Å². The van der Waals surface area contributed by atoms with E-state index in [0.29, 0.717) is 16.1 Å². The van der Waals surface area contributed by atoms with Crippen molar-refractivity contribution >= 4 is 51.2 Å². The first-order chi connectivity index (χ1) is 9.58. The molecule has 0 fully saturated rings. The third-order valence-corrected chi connectivity index (χ3v) is 3.94. The molecule has 0 bridgehead atoms. The summed E-state index contributed by atoms with van der Waals surface area (Å²) in [6.45, 7) is 0. The first-order valence-corrected chi connectivity index (χ1v) is 7.07. The van der Waals surface area contributed by atoms with Crippen molar-refractivity contribution in [3.8, 4) is 5.69 Å². The van der Waals surface area contributed by atoms with Crippen molar-refractivity contribution in [2.24, 2.45) is 0 Å². The first-order valence-electron chi connectivity index (χ1n) is 5.61. The van der Waals surface area contributed by atoms with Gasteiger partial charge in [-0.2, -0.15) is 0 Å². The van der Waals surface area contributed by atoms with Crippen LogP contribution in [0.25, 0.3) is 16.7 Å². The molecule has 20 heavy (non-hydrogen) atoms. The van der Waals surface area contributed by atoms with Crippen LogP contribution in [0.5, 0.6) is 0 Å². The van der Waals surface area contributed by atoms with E-state index >= 15 is 0 Å². The zero-order valence-electron chi connectivity index (χ0n) is 9.92. The summed E-state index contributed by atoms with van der Waals surface area (Å²) in [5, 5.41) is 18.0. The number of carbonyl (C=O) groups is 1. The lowest BCUT2D eigenvalue weighted by Crippen LogP contribution is -2.04. The number of carboxylic acids is 1. The van der Waals surface area contributed by atoms with Crippen LogP contribution in [-0.2, 0) is 0 Å². The number of carboxylic acid groups (broad SMARTS) is 1. The second-order valence-corrected chi connectivity index (χ2v) is 5.67. The molecule has 1 aromatic heterocycles. The highest BCUT2D eigenvalue weighted by molar-refractivity contribution is 14.1. The summed E-state index contributed by atoms with van der Waals surface area (Å²) in [4.78, 5) is 11.3. The molecule has 1 heterocycles. The average molecular weight is 400 g/mol. The number of aromatic nitrogens is 3. The maximum atomic E-state index is 11.3. The summed E-state index contributed by atoms with van der Waals surface area (Å²) in [5.74, 6) is -1.01. The van der Waals surface area contributed by atoms with E-state index in [4.69, 9.17) is 11.6 Å². The third-order valence-electron chi connectivity index (χ3n) is 2.84. The van der Waals surface area contributed by atoms with Gasteiger partial charge >= 0.3 is 5.97 Å². The zero-order valence-corrected chi connectivity index (χ0v) is 12.8. The van der Waals surface area contributed by atoms with E-state index in [1.54, 1.807) is 30.3 Å². The van der Waals surface area contributed by atoms with Gasteiger partial charge < -0.3 is 5.11 Å². The smallest absolute Gasteiger partial charge is 0.337 e. The van der Waals surface area contributed by atoms with Crippen LogP contribution in [0.1, 0.15) is 10.4 Å². The van der Waals surface area contributed by atoms with Crippen LogP contribution < -0.4 is 0 Å². The quantitative estimate of drug-likeness (QED) is 0.671. The molecule has 3 aromatic rings. The van der Waals surface area contributed by atoms with Gasteiger partial charge in [-0.15, -0.1) is 5.10 Å². The molecule has 0 spiro atoms. The number of para-hydroxylation sites is 1. The van der Waals surface area contributed by atoms with E-state index < -0.39 is 5.97 Å². The van der Waals surface area contributed by atoms with E-state index in [-0.39, 0.29) is 5.56 Å². The summed E-state index contributed by atoms with van der Waals surface area (Å²) in [5.41, 5.74) is 1.92. The Labute approximate surface area is 132 Å². The van der Waals surface area contributed by atoms with E-state index in [0.717, 1.165) is 9.26 Å². The van der Waals surface area contributed by atoms with Crippen LogP contribution >= 0.6 is 34.2 Å². The molecule has 0 saturated carbocycles. The second-order valence-electron chi connectivity index (χ2n) is 4.08. The molecule has 0 aliphatic heterocycles. The van der Waals surface area contributed by atoms with Gasteiger partial charge in [-0.3, -0.25) is 0 Å². The molecular weight excluding hydrogens is 393 g/mol. The minimum Gasteiger partial charge on any atom is -0.478 e. The Morgan fingerprint density at radius 3 is 2.80 bits per heavy atom. The van der Waals surface area contributed by atoms with Gasteiger partial charge in [0, 0.05) is 8.59 Å². The summed E-state index contributed by atoms with van der Waals surface area (Å²) in [6, 6.07) is 10.2. The maximum absolute atomic E-state index is 11.3.